The molecule has 6 heteroatoms. The Bertz CT molecular complexity index is 753. The van der Waals surface area contributed by atoms with Crippen LogP contribution in [0, 0.1) is 17.3 Å². The first kappa shape index (κ1) is 20.9. The van der Waals surface area contributed by atoms with E-state index in [0.29, 0.717) is 50.7 Å². The Morgan fingerprint density at radius 3 is 2.38 bits per heavy atom. The van der Waals surface area contributed by atoms with E-state index in [-0.39, 0.29) is 17.7 Å². The van der Waals surface area contributed by atoms with Crippen molar-refractivity contribution in [1.82, 2.24) is 9.80 Å². The minimum atomic E-state index is 0.0567. The molecule has 3 aliphatic rings. The van der Waals surface area contributed by atoms with Gasteiger partial charge in [0.15, 0.2) is 0 Å². The minimum absolute atomic E-state index is 0.0567. The van der Waals surface area contributed by atoms with Crippen LogP contribution in [0.3, 0.4) is 0 Å². The largest absolute Gasteiger partial charge is 0.378 e. The predicted molar refractivity (Wildman–Crippen MR) is 115 cm³/mol. The van der Waals surface area contributed by atoms with Crippen molar-refractivity contribution in [3.8, 4) is 0 Å². The average molecular weight is 419 g/mol. The summed E-state index contributed by atoms with van der Waals surface area (Å²) in [6.07, 6.45) is 4.97. The predicted octanol–water partition coefficient (Wildman–Crippen LogP) is 3.61. The normalized spacial score (nSPS) is 23.8. The number of carbonyl (C=O) groups is 2. The molecule has 160 valence electrons. The summed E-state index contributed by atoms with van der Waals surface area (Å²) < 4.78 is 5.35. The highest BCUT2D eigenvalue weighted by Gasteiger charge is 2.33. The molecule has 1 unspecified atom stereocenters. The summed E-state index contributed by atoms with van der Waals surface area (Å²) in [5.41, 5.74) is 1.71. The van der Waals surface area contributed by atoms with E-state index in [1.165, 1.54) is 16.9 Å². The summed E-state index contributed by atoms with van der Waals surface area (Å²) in [5, 5.41) is 0. The molecule has 2 amide bonds. The van der Waals surface area contributed by atoms with E-state index in [1.807, 2.05) is 9.80 Å². The number of hydrogen-bond acceptors (Lipinski definition) is 4. The van der Waals surface area contributed by atoms with Gasteiger partial charge in [-0.3, -0.25) is 9.59 Å². The number of piperidine rings is 1. The lowest BCUT2D eigenvalue weighted by atomic mass is 9.72. The molecule has 0 bridgehead atoms. The van der Waals surface area contributed by atoms with Gasteiger partial charge in [-0.1, -0.05) is 20.8 Å². The van der Waals surface area contributed by atoms with Crippen LogP contribution >= 0.6 is 11.3 Å². The van der Waals surface area contributed by atoms with Gasteiger partial charge in [-0.25, -0.2) is 0 Å². The van der Waals surface area contributed by atoms with E-state index in [1.54, 1.807) is 11.3 Å². The van der Waals surface area contributed by atoms with Crippen LogP contribution in [0.15, 0.2) is 6.07 Å². The van der Waals surface area contributed by atoms with Gasteiger partial charge in [-0.2, -0.15) is 0 Å². The molecule has 1 aromatic rings. The fourth-order valence-electron chi connectivity index (χ4n) is 4.90. The summed E-state index contributed by atoms with van der Waals surface area (Å²) >= 11 is 1.70. The fraction of sp³-hybridized carbons (Fsp3) is 0.739. The first-order chi connectivity index (χ1) is 13.8. The molecule has 2 saturated heterocycles. The fourth-order valence-corrected chi connectivity index (χ4v) is 6.07. The monoisotopic (exact) mass is 418 g/mol. The molecule has 0 radical (unpaired) electrons. The number of morpholine rings is 1. The van der Waals surface area contributed by atoms with E-state index >= 15 is 0 Å². The van der Waals surface area contributed by atoms with Crippen LogP contribution in [0.2, 0.25) is 0 Å². The molecule has 0 saturated carbocycles. The number of thiophene rings is 1. The highest BCUT2D eigenvalue weighted by molar-refractivity contribution is 7.14. The van der Waals surface area contributed by atoms with Crippen LogP contribution in [0.5, 0.6) is 0 Å². The standard InChI is InChI=1S/C23H34N2O3S/c1-23(2,3)18-4-5-19-17(14-18)15-20(29-19)22(27)24-8-6-16(7-9-24)21(26)25-10-12-28-13-11-25/h15-16,18H,4-14H2,1-3H3. The van der Waals surface area contributed by atoms with Crippen molar-refractivity contribution in [1.29, 1.82) is 0 Å². The van der Waals surface area contributed by atoms with Gasteiger partial charge in [-0.15, -0.1) is 11.3 Å². The number of fused-ring (bicyclic) bond motifs is 1. The quantitative estimate of drug-likeness (QED) is 0.737. The topological polar surface area (TPSA) is 49.9 Å². The highest BCUT2D eigenvalue weighted by Crippen LogP contribution is 2.40. The average Bonchev–Trinajstić information content (AvgIpc) is 3.16. The molecule has 0 aromatic carbocycles. The Kier molecular flexibility index (Phi) is 6.03. The van der Waals surface area contributed by atoms with Crippen molar-refractivity contribution in [3.05, 3.63) is 21.4 Å². The molecule has 1 atom stereocenters. The zero-order valence-electron chi connectivity index (χ0n) is 18.0. The second kappa shape index (κ2) is 8.38. The molecular formula is C23H34N2O3S. The smallest absolute Gasteiger partial charge is 0.263 e. The van der Waals surface area contributed by atoms with Gasteiger partial charge in [0.05, 0.1) is 18.1 Å². The number of ether oxygens (including phenoxy) is 1. The Morgan fingerprint density at radius 1 is 1.03 bits per heavy atom. The van der Waals surface area contributed by atoms with Crippen molar-refractivity contribution < 1.29 is 14.3 Å². The first-order valence-corrected chi connectivity index (χ1v) is 11.9. The lowest BCUT2D eigenvalue weighted by Crippen LogP contribution is -2.47. The second-order valence-corrected chi connectivity index (χ2v) is 11.0. The molecular weight excluding hydrogens is 384 g/mol. The Balaban J connectivity index is 1.35. The van der Waals surface area contributed by atoms with Crippen LogP contribution in [-0.2, 0) is 22.4 Å². The third-order valence-electron chi connectivity index (χ3n) is 6.97. The van der Waals surface area contributed by atoms with Crippen molar-refractivity contribution >= 4 is 23.2 Å². The number of hydrogen-bond donors (Lipinski definition) is 0. The Hall–Kier alpha value is -1.40. The molecule has 4 rings (SSSR count). The highest BCUT2D eigenvalue weighted by atomic mass is 32.1. The van der Waals surface area contributed by atoms with E-state index in [9.17, 15) is 9.59 Å². The molecule has 1 aromatic heterocycles. The van der Waals surface area contributed by atoms with Crippen LogP contribution in [-0.4, -0.2) is 61.0 Å². The zero-order valence-corrected chi connectivity index (χ0v) is 18.9. The Labute approximate surface area is 178 Å². The van der Waals surface area contributed by atoms with Gasteiger partial charge >= 0.3 is 0 Å². The van der Waals surface area contributed by atoms with Crippen molar-refractivity contribution in [2.24, 2.45) is 17.3 Å². The zero-order chi connectivity index (χ0) is 20.6. The third kappa shape index (κ3) is 4.53. The van der Waals surface area contributed by atoms with Gasteiger partial charge in [0.1, 0.15) is 0 Å². The molecule has 29 heavy (non-hydrogen) atoms. The number of nitrogens with zero attached hydrogens (tertiary/aromatic N) is 2. The molecule has 0 spiro atoms. The summed E-state index contributed by atoms with van der Waals surface area (Å²) in [6, 6.07) is 2.16. The summed E-state index contributed by atoms with van der Waals surface area (Å²) in [4.78, 5) is 32.0. The van der Waals surface area contributed by atoms with Gasteiger partial charge in [0, 0.05) is 37.0 Å². The lowest BCUT2D eigenvalue weighted by molar-refractivity contribution is -0.141. The maximum Gasteiger partial charge on any atom is 0.263 e. The number of likely N-dealkylation sites (tertiary alicyclic amines) is 1. The van der Waals surface area contributed by atoms with E-state index in [2.05, 4.69) is 26.8 Å². The molecule has 3 heterocycles. The summed E-state index contributed by atoms with van der Waals surface area (Å²) in [7, 11) is 0. The maximum absolute atomic E-state index is 13.1. The molecule has 1 aliphatic carbocycles. The molecule has 2 fully saturated rings. The number of amides is 2. The van der Waals surface area contributed by atoms with E-state index < -0.39 is 0 Å². The minimum Gasteiger partial charge on any atom is -0.378 e. The Morgan fingerprint density at radius 2 is 1.72 bits per heavy atom. The van der Waals surface area contributed by atoms with Gasteiger partial charge < -0.3 is 14.5 Å². The number of rotatable bonds is 2. The van der Waals surface area contributed by atoms with Crippen LogP contribution in [0.1, 0.15) is 60.1 Å². The van der Waals surface area contributed by atoms with Crippen molar-refractivity contribution in [2.45, 2.75) is 52.9 Å². The third-order valence-corrected chi connectivity index (χ3v) is 8.20. The van der Waals surface area contributed by atoms with Gasteiger partial charge in [0.2, 0.25) is 5.91 Å². The van der Waals surface area contributed by atoms with Crippen LogP contribution in [0.25, 0.3) is 0 Å². The van der Waals surface area contributed by atoms with Crippen molar-refractivity contribution in [2.75, 3.05) is 39.4 Å². The number of carbonyl (C=O) groups excluding carboxylic acids is 2. The van der Waals surface area contributed by atoms with E-state index in [4.69, 9.17) is 4.74 Å². The van der Waals surface area contributed by atoms with Crippen molar-refractivity contribution in [3.63, 3.8) is 0 Å². The molecule has 5 nitrogen and oxygen atoms in total. The molecule has 0 N–H and O–H groups in total. The molecule has 2 aliphatic heterocycles. The van der Waals surface area contributed by atoms with Crippen LogP contribution in [0.4, 0.5) is 0 Å². The number of aryl methyl sites for hydroxylation is 1. The maximum atomic E-state index is 13.1. The van der Waals surface area contributed by atoms with Gasteiger partial charge in [0.25, 0.3) is 5.91 Å². The summed E-state index contributed by atoms with van der Waals surface area (Å²) in [5.74, 6) is 1.16. The van der Waals surface area contributed by atoms with Crippen LogP contribution < -0.4 is 0 Å². The lowest BCUT2D eigenvalue weighted by Gasteiger charge is -2.35. The SMILES string of the molecule is CC(C)(C)C1CCc2sc(C(=O)N3CCC(C(=O)N4CCOCC4)CC3)cc2C1. The summed E-state index contributed by atoms with van der Waals surface area (Å²) in [6.45, 7) is 11.0. The second-order valence-electron chi connectivity index (χ2n) is 9.87. The first-order valence-electron chi connectivity index (χ1n) is 11.1. The van der Waals surface area contributed by atoms with Gasteiger partial charge in [-0.05, 0) is 55.1 Å². The van der Waals surface area contributed by atoms with E-state index in [0.717, 1.165) is 30.6 Å².